The van der Waals surface area contributed by atoms with E-state index in [1.165, 1.54) is 5.69 Å². The average molecular weight is 435 g/mol. The molecular formula is C21H24Cl2N4S. The van der Waals surface area contributed by atoms with Crippen LogP contribution in [0.4, 0.5) is 5.69 Å². The molecule has 0 saturated heterocycles. The van der Waals surface area contributed by atoms with Crippen molar-refractivity contribution >= 4 is 40.7 Å². The second-order valence-electron chi connectivity index (χ2n) is 6.31. The minimum absolute atomic E-state index is 0.572. The van der Waals surface area contributed by atoms with Crippen molar-refractivity contribution in [3.05, 3.63) is 58.1 Å². The Balaban J connectivity index is 1.78. The first kappa shape index (κ1) is 21.0. The highest BCUT2D eigenvalue weighted by molar-refractivity contribution is 7.98. The molecule has 0 spiro atoms. The zero-order chi connectivity index (χ0) is 20.1. The molecule has 148 valence electrons. The number of hydrogen-bond acceptors (Lipinski definition) is 4. The molecular weight excluding hydrogens is 411 g/mol. The molecule has 0 aliphatic rings. The summed E-state index contributed by atoms with van der Waals surface area (Å²) in [7, 11) is 0. The second kappa shape index (κ2) is 9.68. The standard InChI is InChI=1S/C21H24Cl2N4S/c1-4-26(5-2)17-10-8-16(9-11-17)20-24-25-21(27(20)6-3)28-14-15-7-12-18(22)19(23)13-15/h7-13H,4-6,14H2,1-3H3. The lowest BCUT2D eigenvalue weighted by molar-refractivity contribution is 0.687. The van der Waals surface area contributed by atoms with Crippen molar-refractivity contribution in [2.45, 2.75) is 38.2 Å². The molecule has 0 saturated carbocycles. The number of rotatable bonds is 8. The van der Waals surface area contributed by atoms with Crippen LogP contribution in [0.25, 0.3) is 11.4 Å². The number of nitrogens with zero attached hydrogens (tertiary/aromatic N) is 4. The molecule has 3 aromatic rings. The van der Waals surface area contributed by atoms with Crippen molar-refractivity contribution in [3.63, 3.8) is 0 Å². The SMILES string of the molecule is CCN(CC)c1ccc(-c2nnc(SCc3ccc(Cl)c(Cl)c3)n2CC)cc1. The highest BCUT2D eigenvalue weighted by atomic mass is 35.5. The number of halogens is 2. The predicted octanol–water partition coefficient (Wildman–Crippen LogP) is 6.41. The van der Waals surface area contributed by atoms with Crippen LogP contribution in [-0.4, -0.2) is 27.9 Å². The molecule has 4 nitrogen and oxygen atoms in total. The van der Waals surface area contributed by atoms with Gasteiger partial charge in [-0.1, -0.05) is 41.0 Å². The van der Waals surface area contributed by atoms with Crippen molar-refractivity contribution in [3.8, 4) is 11.4 Å². The van der Waals surface area contributed by atoms with Gasteiger partial charge < -0.3 is 9.47 Å². The van der Waals surface area contributed by atoms with Gasteiger partial charge in [-0.15, -0.1) is 10.2 Å². The van der Waals surface area contributed by atoms with Crippen LogP contribution >= 0.6 is 35.0 Å². The van der Waals surface area contributed by atoms with Crippen molar-refractivity contribution in [2.75, 3.05) is 18.0 Å². The fourth-order valence-electron chi connectivity index (χ4n) is 3.08. The molecule has 0 atom stereocenters. The van der Waals surface area contributed by atoms with Gasteiger partial charge in [-0.25, -0.2) is 0 Å². The van der Waals surface area contributed by atoms with Gasteiger partial charge in [0.2, 0.25) is 0 Å². The summed E-state index contributed by atoms with van der Waals surface area (Å²) < 4.78 is 2.15. The highest BCUT2D eigenvalue weighted by Gasteiger charge is 2.14. The maximum atomic E-state index is 6.12. The summed E-state index contributed by atoms with van der Waals surface area (Å²) in [6.45, 7) is 9.25. The van der Waals surface area contributed by atoms with Crippen LogP contribution in [0, 0.1) is 0 Å². The lowest BCUT2D eigenvalue weighted by atomic mass is 10.2. The lowest BCUT2D eigenvalue weighted by Gasteiger charge is -2.21. The molecule has 0 bridgehead atoms. The van der Waals surface area contributed by atoms with E-state index in [4.69, 9.17) is 23.2 Å². The summed E-state index contributed by atoms with van der Waals surface area (Å²) >= 11 is 13.8. The molecule has 0 N–H and O–H groups in total. The number of hydrogen-bond donors (Lipinski definition) is 0. The van der Waals surface area contributed by atoms with Crippen LogP contribution in [0.2, 0.25) is 10.0 Å². The first-order valence-electron chi connectivity index (χ1n) is 9.42. The summed E-state index contributed by atoms with van der Waals surface area (Å²) in [5.41, 5.74) is 3.41. The van der Waals surface area contributed by atoms with E-state index in [1.54, 1.807) is 11.8 Å². The van der Waals surface area contributed by atoms with Crippen molar-refractivity contribution in [1.29, 1.82) is 0 Å². The zero-order valence-electron chi connectivity index (χ0n) is 16.3. The molecule has 1 heterocycles. The third-order valence-corrected chi connectivity index (χ3v) is 6.42. The Kier molecular flexibility index (Phi) is 7.27. The first-order chi connectivity index (χ1) is 13.6. The molecule has 0 aliphatic heterocycles. The number of anilines is 1. The molecule has 0 unspecified atom stereocenters. The second-order valence-corrected chi connectivity index (χ2v) is 8.06. The van der Waals surface area contributed by atoms with E-state index in [1.807, 2.05) is 18.2 Å². The maximum Gasteiger partial charge on any atom is 0.191 e. The van der Waals surface area contributed by atoms with Crippen LogP contribution in [0.5, 0.6) is 0 Å². The Bertz CT molecular complexity index is 921. The van der Waals surface area contributed by atoms with Gasteiger partial charge in [0, 0.05) is 36.6 Å². The fraction of sp³-hybridized carbons (Fsp3) is 0.333. The van der Waals surface area contributed by atoms with Gasteiger partial charge in [0.05, 0.1) is 10.0 Å². The summed E-state index contributed by atoms with van der Waals surface area (Å²) in [6, 6.07) is 14.3. The van der Waals surface area contributed by atoms with Crippen LogP contribution in [-0.2, 0) is 12.3 Å². The molecule has 7 heteroatoms. The maximum absolute atomic E-state index is 6.12. The summed E-state index contributed by atoms with van der Waals surface area (Å²) in [5, 5.41) is 10.9. The molecule has 0 fully saturated rings. The van der Waals surface area contributed by atoms with E-state index in [0.717, 1.165) is 47.5 Å². The van der Waals surface area contributed by atoms with E-state index in [9.17, 15) is 0 Å². The van der Waals surface area contributed by atoms with Gasteiger partial charge in [0.15, 0.2) is 11.0 Å². The summed E-state index contributed by atoms with van der Waals surface area (Å²) in [6.07, 6.45) is 0. The van der Waals surface area contributed by atoms with Crippen LogP contribution < -0.4 is 4.90 Å². The molecule has 1 aromatic heterocycles. The van der Waals surface area contributed by atoms with Crippen LogP contribution in [0.3, 0.4) is 0 Å². The molecule has 28 heavy (non-hydrogen) atoms. The number of aromatic nitrogens is 3. The molecule has 0 amide bonds. The number of thioether (sulfide) groups is 1. The zero-order valence-corrected chi connectivity index (χ0v) is 18.7. The van der Waals surface area contributed by atoms with E-state index in [-0.39, 0.29) is 0 Å². The van der Waals surface area contributed by atoms with Crippen LogP contribution in [0.1, 0.15) is 26.3 Å². The van der Waals surface area contributed by atoms with E-state index in [0.29, 0.717) is 10.0 Å². The quantitative estimate of drug-likeness (QED) is 0.383. The van der Waals surface area contributed by atoms with Crippen molar-refractivity contribution < 1.29 is 0 Å². The Labute approximate surface area is 180 Å². The predicted molar refractivity (Wildman–Crippen MR) is 121 cm³/mol. The average Bonchev–Trinajstić information content (AvgIpc) is 3.13. The van der Waals surface area contributed by atoms with Gasteiger partial charge in [0.25, 0.3) is 0 Å². The Morgan fingerprint density at radius 1 is 0.929 bits per heavy atom. The van der Waals surface area contributed by atoms with Gasteiger partial charge in [-0.3, -0.25) is 0 Å². The largest absolute Gasteiger partial charge is 0.372 e. The van der Waals surface area contributed by atoms with Gasteiger partial charge in [0.1, 0.15) is 0 Å². The van der Waals surface area contributed by atoms with E-state index < -0.39 is 0 Å². The summed E-state index contributed by atoms with van der Waals surface area (Å²) in [4.78, 5) is 2.33. The fourth-order valence-corrected chi connectivity index (χ4v) is 4.35. The Morgan fingerprint density at radius 2 is 1.64 bits per heavy atom. The number of benzene rings is 2. The van der Waals surface area contributed by atoms with E-state index in [2.05, 4.69) is 64.7 Å². The smallest absolute Gasteiger partial charge is 0.191 e. The molecule has 3 rings (SSSR count). The Morgan fingerprint density at radius 3 is 2.25 bits per heavy atom. The van der Waals surface area contributed by atoms with Crippen LogP contribution in [0.15, 0.2) is 47.6 Å². The van der Waals surface area contributed by atoms with Gasteiger partial charge in [-0.05, 0) is 62.7 Å². The minimum Gasteiger partial charge on any atom is -0.372 e. The monoisotopic (exact) mass is 434 g/mol. The highest BCUT2D eigenvalue weighted by Crippen LogP contribution is 2.29. The summed E-state index contributed by atoms with van der Waals surface area (Å²) in [5.74, 6) is 1.65. The minimum atomic E-state index is 0.572. The van der Waals surface area contributed by atoms with E-state index >= 15 is 0 Å². The normalized spacial score (nSPS) is 11.0. The van der Waals surface area contributed by atoms with Gasteiger partial charge >= 0.3 is 0 Å². The Hall–Kier alpha value is -1.69. The first-order valence-corrected chi connectivity index (χ1v) is 11.2. The lowest BCUT2D eigenvalue weighted by Crippen LogP contribution is -2.21. The molecule has 0 radical (unpaired) electrons. The molecule has 2 aromatic carbocycles. The van der Waals surface area contributed by atoms with Crippen molar-refractivity contribution in [1.82, 2.24) is 14.8 Å². The van der Waals surface area contributed by atoms with Gasteiger partial charge in [-0.2, -0.15) is 0 Å². The third-order valence-electron chi connectivity index (χ3n) is 4.64. The third kappa shape index (κ3) is 4.65. The molecule has 0 aliphatic carbocycles. The topological polar surface area (TPSA) is 34.0 Å². The van der Waals surface area contributed by atoms with Crippen molar-refractivity contribution in [2.24, 2.45) is 0 Å².